The second-order valence-electron chi connectivity index (χ2n) is 7.81. The minimum absolute atomic E-state index is 0.00727. The zero-order chi connectivity index (χ0) is 21.3. The van der Waals surface area contributed by atoms with Gasteiger partial charge in [0, 0.05) is 61.6 Å². The van der Waals surface area contributed by atoms with Gasteiger partial charge < -0.3 is 16.0 Å². The lowest BCUT2D eigenvalue weighted by Crippen LogP contribution is -2.53. The Labute approximate surface area is 175 Å². The van der Waals surface area contributed by atoms with Gasteiger partial charge in [-0.3, -0.25) is 19.3 Å². The number of nitrogens with zero attached hydrogens (tertiary/aromatic N) is 2. The van der Waals surface area contributed by atoms with E-state index < -0.39 is 6.04 Å². The van der Waals surface area contributed by atoms with E-state index in [1.807, 2.05) is 11.0 Å². The van der Waals surface area contributed by atoms with Crippen molar-refractivity contribution in [3.05, 3.63) is 64.7 Å². The normalized spacial score (nSPS) is 17.3. The highest BCUT2D eigenvalue weighted by Gasteiger charge is 2.31. The molecular formula is C23H26N4O3. The monoisotopic (exact) mass is 406 g/mol. The lowest BCUT2D eigenvalue weighted by molar-refractivity contribution is -0.133. The van der Waals surface area contributed by atoms with E-state index in [2.05, 4.69) is 10.2 Å². The largest absolute Gasteiger partial charge is 0.383 e. The molecule has 1 amide bonds. The van der Waals surface area contributed by atoms with Crippen molar-refractivity contribution in [1.82, 2.24) is 9.80 Å². The van der Waals surface area contributed by atoms with Gasteiger partial charge >= 0.3 is 0 Å². The second-order valence-corrected chi connectivity index (χ2v) is 7.81. The Bertz CT molecular complexity index is 994. The number of nitrogens with two attached hydrogens (primary N) is 1. The first-order valence-electron chi connectivity index (χ1n) is 10.3. The number of benzene rings is 2. The van der Waals surface area contributed by atoms with Crippen molar-refractivity contribution in [2.75, 3.05) is 44.6 Å². The number of rotatable bonds is 5. The third-order valence-corrected chi connectivity index (χ3v) is 5.77. The maximum atomic E-state index is 13.0. The van der Waals surface area contributed by atoms with Crippen molar-refractivity contribution in [3.63, 3.8) is 0 Å². The average molecular weight is 406 g/mol. The molecule has 156 valence electrons. The highest BCUT2D eigenvalue weighted by molar-refractivity contribution is 6.30. The minimum atomic E-state index is -0.465. The maximum Gasteiger partial charge on any atom is 0.239 e. The summed E-state index contributed by atoms with van der Waals surface area (Å²) in [4.78, 5) is 42.0. The van der Waals surface area contributed by atoms with Gasteiger partial charge in [0.25, 0.3) is 0 Å². The van der Waals surface area contributed by atoms with Crippen molar-refractivity contribution in [2.24, 2.45) is 5.73 Å². The first kappa shape index (κ1) is 20.3. The van der Waals surface area contributed by atoms with Crippen LogP contribution in [0.15, 0.2) is 42.5 Å². The fraction of sp³-hybridized carbons (Fsp3) is 0.348. The van der Waals surface area contributed by atoms with Crippen molar-refractivity contribution in [1.29, 1.82) is 0 Å². The average Bonchev–Trinajstić information content (AvgIpc) is 2.77. The number of fused-ring (bicyclic) bond motifs is 2. The molecule has 1 fully saturated rings. The summed E-state index contributed by atoms with van der Waals surface area (Å²) in [5, 5.41) is 3.34. The summed E-state index contributed by atoms with van der Waals surface area (Å²) in [6.45, 7) is 6.05. The Balaban J connectivity index is 1.40. The fourth-order valence-electron chi connectivity index (χ4n) is 4.12. The van der Waals surface area contributed by atoms with Crippen LogP contribution in [0.25, 0.3) is 0 Å². The van der Waals surface area contributed by atoms with Crippen LogP contribution >= 0.6 is 0 Å². The molecule has 30 heavy (non-hydrogen) atoms. The van der Waals surface area contributed by atoms with Gasteiger partial charge in [-0.25, -0.2) is 0 Å². The molecule has 2 aliphatic rings. The van der Waals surface area contributed by atoms with E-state index in [1.165, 1.54) is 0 Å². The van der Waals surface area contributed by atoms with Gasteiger partial charge in [0.05, 0.1) is 11.6 Å². The quantitative estimate of drug-likeness (QED) is 0.664. The molecule has 0 spiro atoms. The summed E-state index contributed by atoms with van der Waals surface area (Å²) in [7, 11) is 0. The van der Waals surface area contributed by atoms with E-state index in [-0.39, 0.29) is 17.5 Å². The number of piperazine rings is 1. The third kappa shape index (κ3) is 3.74. The molecule has 1 aliphatic heterocycles. The number of amides is 1. The van der Waals surface area contributed by atoms with Crippen LogP contribution in [0.2, 0.25) is 0 Å². The Kier molecular flexibility index (Phi) is 5.65. The molecule has 0 aromatic heterocycles. The number of hydrogen-bond acceptors (Lipinski definition) is 6. The van der Waals surface area contributed by atoms with Gasteiger partial charge in [0.1, 0.15) is 0 Å². The van der Waals surface area contributed by atoms with Crippen molar-refractivity contribution >= 4 is 23.2 Å². The van der Waals surface area contributed by atoms with Crippen LogP contribution in [0, 0.1) is 0 Å². The van der Waals surface area contributed by atoms with Crippen molar-refractivity contribution in [2.45, 2.75) is 13.0 Å². The summed E-state index contributed by atoms with van der Waals surface area (Å²) in [6.07, 6.45) is 0. The van der Waals surface area contributed by atoms with E-state index in [9.17, 15) is 14.4 Å². The summed E-state index contributed by atoms with van der Waals surface area (Å²) in [5.74, 6) is -0.239. The number of carbonyl (C=O) groups excluding carboxylic acids is 3. The fourth-order valence-corrected chi connectivity index (χ4v) is 4.12. The minimum Gasteiger partial charge on any atom is -0.383 e. The highest BCUT2D eigenvalue weighted by atomic mass is 16.2. The molecule has 7 heteroatoms. The molecule has 4 rings (SSSR count). The molecule has 0 radical (unpaired) electrons. The molecule has 1 heterocycles. The van der Waals surface area contributed by atoms with E-state index in [1.54, 1.807) is 43.3 Å². The molecule has 1 atom stereocenters. The maximum absolute atomic E-state index is 13.0. The van der Waals surface area contributed by atoms with Crippen molar-refractivity contribution < 1.29 is 14.4 Å². The van der Waals surface area contributed by atoms with Crippen molar-refractivity contribution in [3.8, 4) is 0 Å². The topological polar surface area (TPSA) is 95.7 Å². The highest BCUT2D eigenvalue weighted by Crippen LogP contribution is 2.31. The number of nitrogens with one attached hydrogen (secondary N) is 1. The number of anilines is 1. The lowest BCUT2D eigenvalue weighted by Gasteiger charge is -2.35. The third-order valence-electron chi connectivity index (χ3n) is 5.77. The van der Waals surface area contributed by atoms with Gasteiger partial charge in [-0.05, 0) is 13.0 Å². The van der Waals surface area contributed by atoms with E-state index in [4.69, 9.17) is 5.73 Å². The zero-order valence-electron chi connectivity index (χ0n) is 17.1. The van der Waals surface area contributed by atoms with Crippen LogP contribution in [0.1, 0.15) is 38.8 Å². The molecule has 1 saturated heterocycles. The van der Waals surface area contributed by atoms with Crippen LogP contribution in [0.5, 0.6) is 0 Å². The first-order chi connectivity index (χ1) is 14.5. The molecule has 0 saturated carbocycles. The van der Waals surface area contributed by atoms with Gasteiger partial charge in [0.15, 0.2) is 11.6 Å². The molecule has 3 N–H and O–H groups in total. The van der Waals surface area contributed by atoms with Gasteiger partial charge in [-0.2, -0.15) is 0 Å². The predicted octanol–water partition coefficient (Wildman–Crippen LogP) is 1.37. The van der Waals surface area contributed by atoms with Crippen LogP contribution in [-0.4, -0.2) is 72.6 Å². The standard InChI is InChI=1S/C23H26N4O3/c1-15(24)23(30)27-13-11-26(12-14-27)10-9-25-19-8-4-7-18-20(19)22(29)17-6-3-2-5-16(17)21(18)28/h2-8,15,25H,9-14,24H2,1H3/t15-/m0/s1. The molecule has 1 aliphatic carbocycles. The number of ketones is 2. The van der Waals surface area contributed by atoms with Gasteiger partial charge in [-0.1, -0.05) is 36.4 Å². The van der Waals surface area contributed by atoms with Crippen LogP contribution < -0.4 is 11.1 Å². The summed E-state index contributed by atoms with van der Waals surface area (Å²) in [5.41, 5.74) is 8.20. The number of hydrogen-bond donors (Lipinski definition) is 2. The van der Waals surface area contributed by atoms with E-state index in [0.717, 1.165) is 19.6 Å². The Morgan fingerprint density at radius 2 is 1.60 bits per heavy atom. The Hall–Kier alpha value is -3.03. The van der Waals surface area contributed by atoms with Crippen LogP contribution in [0.4, 0.5) is 5.69 Å². The van der Waals surface area contributed by atoms with Crippen LogP contribution in [0.3, 0.4) is 0 Å². The Morgan fingerprint density at radius 1 is 0.967 bits per heavy atom. The molecule has 0 bridgehead atoms. The molecule has 2 aromatic rings. The molecular weight excluding hydrogens is 380 g/mol. The molecule has 2 aromatic carbocycles. The SMILES string of the molecule is C[C@H](N)C(=O)N1CCN(CCNc2cccc3c2C(=O)c2ccccc2C3=O)CC1. The van der Waals surface area contributed by atoms with Gasteiger partial charge in [0.2, 0.25) is 5.91 Å². The summed E-state index contributed by atoms with van der Waals surface area (Å²) in [6, 6.07) is 11.9. The smallest absolute Gasteiger partial charge is 0.239 e. The first-order valence-corrected chi connectivity index (χ1v) is 10.3. The lowest BCUT2D eigenvalue weighted by atomic mass is 9.83. The second kappa shape index (κ2) is 8.38. The molecule has 7 nitrogen and oxygen atoms in total. The van der Waals surface area contributed by atoms with Gasteiger partial charge in [-0.15, -0.1) is 0 Å². The number of carbonyl (C=O) groups is 3. The van der Waals surface area contributed by atoms with Crippen LogP contribution in [-0.2, 0) is 4.79 Å². The Morgan fingerprint density at radius 3 is 2.27 bits per heavy atom. The van der Waals surface area contributed by atoms with E-state index >= 15 is 0 Å². The zero-order valence-corrected chi connectivity index (χ0v) is 17.1. The molecule has 0 unspecified atom stereocenters. The predicted molar refractivity (Wildman–Crippen MR) is 115 cm³/mol. The summed E-state index contributed by atoms with van der Waals surface area (Å²) < 4.78 is 0. The summed E-state index contributed by atoms with van der Waals surface area (Å²) >= 11 is 0. The van der Waals surface area contributed by atoms with E-state index in [0.29, 0.717) is 47.6 Å².